The Morgan fingerprint density at radius 3 is 2.59 bits per heavy atom. The van der Waals surface area contributed by atoms with Gasteiger partial charge < -0.3 is 16.7 Å². The van der Waals surface area contributed by atoms with Crippen molar-refractivity contribution in [1.29, 1.82) is 0 Å². The molecule has 0 atom stereocenters. The lowest BCUT2D eigenvalue weighted by atomic mass is 10.1. The van der Waals surface area contributed by atoms with E-state index in [2.05, 4.69) is 0 Å². The number of rotatable bonds is 1. The van der Waals surface area contributed by atoms with Gasteiger partial charge in [0.15, 0.2) is 0 Å². The molecule has 5 N–H and O–H groups in total. The molecule has 1 aromatic heterocycles. The number of hydrogen-bond acceptors (Lipinski definition) is 4. The molecule has 7 heteroatoms. The fourth-order valence-corrected chi connectivity index (χ4v) is 1.53. The van der Waals surface area contributed by atoms with Crippen LogP contribution in [0.3, 0.4) is 0 Å². The Morgan fingerprint density at radius 1 is 1.35 bits per heavy atom. The third-order valence-corrected chi connectivity index (χ3v) is 2.38. The van der Waals surface area contributed by atoms with Crippen LogP contribution in [0.1, 0.15) is 10.4 Å². The molecule has 0 radical (unpaired) electrons. The fourth-order valence-electron chi connectivity index (χ4n) is 1.53. The topological polar surface area (TPSA) is 111 Å². The molecule has 2 aromatic rings. The smallest absolute Gasteiger partial charge is 0.341 e. The summed E-state index contributed by atoms with van der Waals surface area (Å²) in [4.78, 5) is 22.3. The molecule has 0 aliphatic heterocycles. The Hall–Kier alpha value is -2.57. The minimum atomic E-state index is -1.42. The molecular formula is C10H8FN3O3. The predicted molar refractivity (Wildman–Crippen MR) is 59.7 cm³/mol. The van der Waals surface area contributed by atoms with Crippen molar-refractivity contribution in [2.24, 2.45) is 0 Å². The largest absolute Gasteiger partial charge is 0.477 e. The molecule has 0 amide bonds. The van der Waals surface area contributed by atoms with Crippen molar-refractivity contribution < 1.29 is 14.3 Å². The summed E-state index contributed by atoms with van der Waals surface area (Å²) in [5.74, 6) is 3.31. The van der Waals surface area contributed by atoms with Gasteiger partial charge in [-0.2, -0.15) is 0 Å². The van der Waals surface area contributed by atoms with Gasteiger partial charge in [-0.3, -0.25) is 4.79 Å². The lowest BCUT2D eigenvalue weighted by molar-refractivity contribution is 0.0694. The van der Waals surface area contributed by atoms with Crippen LogP contribution in [-0.2, 0) is 0 Å². The fraction of sp³-hybridized carbons (Fsp3) is 0. The second-order valence-corrected chi connectivity index (χ2v) is 3.47. The van der Waals surface area contributed by atoms with Gasteiger partial charge >= 0.3 is 5.97 Å². The number of nitrogens with zero attached hydrogens (tertiary/aromatic N) is 1. The van der Waals surface area contributed by atoms with Gasteiger partial charge in [-0.1, -0.05) is 0 Å². The molecule has 17 heavy (non-hydrogen) atoms. The molecule has 88 valence electrons. The number of nitrogens with two attached hydrogens (primary N) is 2. The van der Waals surface area contributed by atoms with Crippen molar-refractivity contribution in [3.63, 3.8) is 0 Å². The monoisotopic (exact) mass is 237 g/mol. The maximum atomic E-state index is 13.2. The summed E-state index contributed by atoms with van der Waals surface area (Å²) >= 11 is 0. The van der Waals surface area contributed by atoms with Crippen LogP contribution in [0.5, 0.6) is 0 Å². The number of fused-ring (bicyclic) bond motifs is 1. The summed E-state index contributed by atoms with van der Waals surface area (Å²) < 4.78 is 13.8. The summed E-state index contributed by atoms with van der Waals surface area (Å²) in [7, 11) is 0. The molecule has 0 saturated heterocycles. The number of aromatic carboxylic acids is 1. The number of halogens is 1. The van der Waals surface area contributed by atoms with Gasteiger partial charge in [-0.15, -0.1) is 0 Å². The highest BCUT2D eigenvalue weighted by Crippen LogP contribution is 2.19. The number of nitrogen functional groups attached to an aromatic ring is 2. The lowest BCUT2D eigenvalue weighted by Crippen LogP contribution is -2.32. The number of carbonyl (C=O) groups is 1. The van der Waals surface area contributed by atoms with Crippen molar-refractivity contribution in [3.05, 3.63) is 39.9 Å². The number of anilines is 1. The number of benzene rings is 1. The highest BCUT2D eigenvalue weighted by Gasteiger charge is 2.14. The van der Waals surface area contributed by atoms with Gasteiger partial charge in [0.05, 0.1) is 11.2 Å². The van der Waals surface area contributed by atoms with E-state index in [0.717, 1.165) is 12.1 Å². The van der Waals surface area contributed by atoms with Gasteiger partial charge in [-0.05, 0) is 18.2 Å². The zero-order valence-corrected chi connectivity index (χ0v) is 8.48. The van der Waals surface area contributed by atoms with Crippen LogP contribution < -0.4 is 17.1 Å². The Labute approximate surface area is 93.8 Å². The van der Waals surface area contributed by atoms with E-state index in [-0.39, 0.29) is 16.6 Å². The van der Waals surface area contributed by atoms with E-state index in [1.807, 2.05) is 0 Å². The maximum absolute atomic E-state index is 13.2. The number of carboxylic acids is 1. The van der Waals surface area contributed by atoms with Crippen LogP contribution in [0.25, 0.3) is 10.9 Å². The molecule has 1 heterocycles. The van der Waals surface area contributed by atoms with Crippen molar-refractivity contribution in [2.75, 3.05) is 11.6 Å². The molecular weight excluding hydrogens is 229 g/mol. The van der Waals surface area contributed by atoms with Crippen molar-refractivity contribution in [3.8, 4) is 0 Å². The standard InChI is InChI=1S/C10H8FN3O3/c11-6-2-4-1-5(10(16)17)9(15)14(13)8(4)3-7(6)12/h1-3H,12-13H2,(H,16,17). The van der Waals surface area contributed by atoms with Crippen LogP contribution >= 0.6 is 0 Å². The first-order valence-electron chi connectivity index (χ1n) is 4.55. The summed E-state index contributed by atoms with van der Waals surface area (Å²) in [6.45, 7) is 0. The van der Waals surface area contributed by atoms with Crippen molar-refractivity contribution in [2.45, 2.75) is 0 Å². The molecule has 0 unspecified atom stereocenters. The minimum Gasteiger partial charge on any atom is -0.477 e. The molecule has 0 aliphatic carbocycles. The van der Waals surface area contributed by atoms with Gasteiger partial charge in [-0.25, -0.2) is 13.9 Å². The second-order valence-electron chi connectivity index (χ2n) is 3.47. The molecule has 0 spiro atoms. The Bertz CT molecular complexity index is 693. The number of aromatic nitrogens is 1. The summed E-state index contributed by atoms with van der Waals surface area (Å²) in [5.41, 5.74) is 3.94. The first-order valence-corrected chi connectivity index (χ1v) is 4.55. The molecule has 0 fully saturated rings. The van der Waals surface area contributed by atoms with Gasteiger partial charge in [0.2, 0.25) is 0 Å². The molecule has 0 bridgehead atoms. The van der Waals surface area contributed by atoms with Crippen LogP contribution in [-0.4, -0.2) is 15.8 Å². The first kappa shape index (κ1) is 10.9. The average Bonchev–Trinajstić information content (AvgIpc) is 2.26. The normalized spacial score (nSPS) is 10.6. The van der Waals surface area contributed by atoms with E-state index >= 15 is 0 Å². The zero-order chi connectivity index (χ0) is 12.7. The van der Waals surface area contributed by atoms with Crippen molar-refractivity contribution in [1.82, 2.24) is 4.68 Å². The predicted octanol–water partition coefficient (Wildman–Crippen LogP) is 0.135. The van der Waals surface area contributed by atoms with Crippen molar-refractivity contribution >= 4 is 22.6 Å². The lowest BCUT2D eigenvalue weighted by Gasteiger charge is -2.07. The van der Waals surface area contributed by atoms with Gasteiger partial charge in [0, 0.05) is 5.39 Å². The van der Waals surface area contributed by atoms with Gasteiger partial charge in [0.25, 0.3) is 5.56 Å². The molecule has 2 rings (SSSR count). The third kappa shape index (κ3) is 1.57. The van der Waals surface area contributed by atoms with Crippen LogP contribution in [0.4, 0.5) is 10.1 Å². The molecule has 1 aromatic carbocycles. The Balaban J connectivity index is 2.96. The van der Waals surface area contributed by atoms with Gasteiger partial charge in [0.1, 0.15) is 11.4 Å². The summed E-state index contributed by atoms with van der Waals surface area (Å²) in [5, 5.41) is 8.98. The van der Waals surface area contributed by atoms with E-state index in [0.29, 0.717) is 4.68 Å². The molecule has 0 aliphatic rings. The van der Waals surface area contributed by atoms with Crippen LogP contribution in [0.2, 0.25) is 0 Å². The third-order valence-electron chi connectivity index (χ3n) is 2.38. The quantitative estimate of drug-likeness (QED) is 0.482. The maximum Gasteiger partial charge on any atom is 0.341 e. The number of carboxylic acid groups (broad SMARTS) is 1. The average molecular weight is 237 g/mol. The molecule has 0 saturated carbocycles. The zero-order valence-electron chi connectivity index (χ0n) is 8.48. The second kappa shape index (κ2) is 3.48. The SMILES string of the molecule is Nc1cc2c(cc1F)cc(C(=O)O)c(=O)n2N. The van der Waals surface area contributed by atoms with E-state index in [1.54, 1.807) is 0 Å². The summed E-state index contributed by atoms with van der Waals surface area (Å²) in [6.07, 6.45) is 0. The van der Waals surface area contributed by atoms with Crippen LogP contribution in [0.15, 0.2) is 23.0 Å². The highest BCUT2D eigenvalue weighted by atomic mass is 19.1. The van der Waals surface area contributed by atoms with E-state index in [4.69, 9.17) is 16.7 Å². The Morgan fingerprint density at radius 2 is 2.00 bits per heavy atom. The minimum absolute atomic E-state index is 0.166. The summed E-state index contributed by atoms with van der Waals surface area (Å²) in [6, 6.07) is 3.27. The highest BCUT2D eigenvalue weighted by molar-refractivity contribution is 5.93. The Kier molecular flexibility index (Phi) is 2.24. The molecule has 6 nitrogen and oxygen atoms in total. The number of pyridine rings is 1. The van der Waals surface area contributed by atoms with Crippen LogP contribution in [0, 0.1) is 5.82 Å². The van der Waals surface area contributed by atoms with E-state index in [9.17, 15) is 14.0 Å². The van der Waals surface area contributed by atoms with E-state index < -0.39 is 22.9 Å². The van der Waals surface area contributed by atoms with E-state index in [1.165, 1.54) is 6.07 Å². The number of hydrogen-bond donors (Lipinski definition) is 3. The first-order chi connectivity index (χ1) is 7.91.